The normalized spacial score (nSPS) is 11.6. The predicted molar refractivity (Wildman–Crippen MR) is 230 cm³/mol. The Bertz CT molecular complexity index is 3070. The van der Waals surface area contributed by atoms with Crippen LogP contribution in [-0.4, -0.2) is 58.8 Å². The summed E-state index contributed by atoms with van der Waals surface area (Å²) in [5, 5.41) is 3.85. The van der Waals surface area contributed by atoms with Gasteiger partial charge in [0.25, 0.3) is 0 Å². The van der Waals surface area contributed by atoms with E-state index in [0.717, 1.165) is 66.1 Å². The molecule has 0 aliphatic rings. The molecule has 10 radical (unpaired) electrons. The van der Waals surface area contributed by atoms with Crippen molar-refractivity contribution < 1.29 is 4.42 Å². The standard InChI is InChI=1S/C45H23B5N4O/c46-37-36(38(47)40(49)41(50)39(37)48)29-17-10-20-33-35(29)28-15-7-8-19-32(28)54(33)26-21-22-34-31(23-26)27-16-9-18-30(42(27)55-34)45-52-43(24-11-3-1-4-12-24)51-44(53-45)25-13-5-2-6-14-25/h1-23H. The van der Waals surface area contributed by atoms with Crippen LogP contribution >= 0.6 is 0 Å². The first-order valence-corrected chi connectivity index (χ1v) is 17.7. The van der Waals surface area contributed by atoms with Gasteiger partial charge in [0.1, 0.15) is 50.4 Å². The molecule has 0 amide bonds. The molecule has 0 aliphatic heterocycles. The Labute approximate surface area is 323 Å². The van der Waals surface area contributed by atoms with E-state index in [4.69, 9.17) is 58.6 Å². The summed E-state index contributed by atoms with van der Waals surface area (Å²) in [6.45, 7) is 0. The summed E-state index contributed by atoms with van der Waals surface area (Å²) in [5.41, 5.74) is 9.44. The SMILES string of the molecule is [B]c1c([B])c([B])c(-c2cccc3c2c2ccccc2n3-c2ccc3oc4c(-c5nc(-c6ccccc6)nc(-c6ccccc6)n5)cccc4c3c2)c([B])c1[B]. The molecule has 7 aromatic carbocycles. The zero-order chi connectivity index (χ0) is 37.4. The fraction of sp³-hybridized carbons (Fsp3) is 0. The molecule has 10 aromatic rings. The average molecular weight is 690 g/mol. The van der Waals surface area contributed by atoms with Crippen molar-refractivity contribution in [2.24, 2.45) is 0 Å². The first-order valence-electron chi connectivity index (χ1n) is 17.7. The van der Waals surface area contributed by atoms with Crippen molar-refractivity contribution in [3.05, 3.63) is 140 Å². The summed E-state index contributed by atoms with van der Waals surface area (Å²) in [6, 6.07) is 46.4. The molecule has 0 aliphatic carbocycles. The molecule has 0 saturated heterocycles. The second-order valence-corrected chi connectivity index (χ2v) is 13.5. The molecule has 244 valence electrons. The van der Waals surface area contributed by atoms with E-state index in [1.807, 2.05) is 103 Å². The van der Waals surface area contributed by atoms with Crippen LogP contribution in [0.1, 0.15) is 0 Å². The number of hydrogen-bond acceptors (Lipinski definition) is 4. The van der Waals surface area contributed by atoms with Gasteiger partial charge in [-0.15, -0.1) is 16.4 Å². The van der Waals surface area contributed by atoms with E-state index >= 15 is 0 Å². The number of fused-ring (bicyclic) bond motifs is 6. The summed E-state index contributed by atoms with van der Waals surface area (Å²) in [5.74, 6) is 1.69. The van der Waals surface area contributed by atoms with Gasteiger partial charge in [-0.3, -0.25) is 0 Å². The van der Waals surface area contributed by atoms with Gasteiger partial charge < -0.3 is 8.98 Å². The van der Waals surface area contributed by atoms with Gasteiger partial charge in [0.15, 0.2) is 17.5 Å². The second-order valence-electron chi connectivity index (χ2n) is 13.5. The fourth-order valence-corrected chi connectivity index (χ4v) is 7.68. The quantitative estimate of drug-likeness (QED) is 0.224. The number of rotatable bonds is 5. The molecule has 5 nitrogen and oxygen atoms in total. The molecule has 0 unspecified atom stereocenters. The summed E-state index contributed by atoms with van der Waals surface area (Å²) < 4.78 is 8.87. The zero-order valence-electron chi connectivity index (χ0n) is 29.4. The molecule has 0 fully saturated rings. The minimum Gasteiger partial charge on any atom is -0.455 e. The molecule has 3 aromatic heterocycles. The number of aromatic nitrogens is 4. The number of furan rings is 1. The van der Waals surface area contributed by atoms with Crippen LogP contribution in [0.5, 0.6) is 0 Å². The van der Waals surface area contributed by atoms with E-state index in [9.17, 15) is 0 Å². The van der Waals surface area contributed by atoms with Crippen molar-refractivity contribution in [1.29, 1.82) is 0 Å². The van der Waals surface area contributed by atoms with Crippen molar-refractivity contribution >= 4 is 110 Å². The minimum atomic E-state index is 0.181. The van der Waals surface area contributed by atoms with Gasteiger partial charge in [-0.1, -0.05) is 114 Å². The first-order chi connectivity index (χ1) is 26.9. The summed E-state index contributed by atoms with van der Waals surface area (Å²) in [7, 11) is 32.0. The Kier molecular flexibility index (Phi) is 7.70. The Morgan fingerprint density at radius 1 is 0.436 bits per heavy atom. The van der Waals surface area contributed by atoms with Gasteiger partial charge in [-0.25, -0.2) is 15.0 Å². The van der Waals surface area contributed by atoms with Gasteiger partial charge in [0.2, 0.25) is 0 Å². The Morgan fingerprint density at radius 2 is 0.982 bits per heavy atom. The summed E-state index contributed by atoms with van der Waals surface area (Å²) >= 11 is 0. The van der Waals surface area contributed by atoms with Gasteiger partial charge in [-0.05, 0) is 47.5 Å². The van der Waals surface area contributed by atoms with Crippen LogP contribution in [0.15, 0.2) is 144 Å². The lowest BCUT2D eigenvalue weighted by atomic mass is 9.59. The third-order valence-electron chi connectivity index (χ3n) is 10.3. The lowest BCUT2D eigenvalue weighted by Crippen LogP contribution is -2.55. The predicted octanol–water partition coefficient (Wildman–Crippen LogP) is 5.51. The highest BCUT2D eigenvalue weighted by atomic mass is 16.3. The second kappa shape index (κ2) is 12.8. The third-order valence-corrected chi connectivity index (χ3v) is 10.3. The first kappa shape index (κ1) is 33.1. The summed E-state index contributed by atoms with van der Waals surface area (Å²) in [6.07, 6.45) is 0. The molecular weight excluding hydrogens is 667 g/mol. The van der Waals surface area contributed by atoms with Crippen molar-refractivity contribution in [2.45, 2.75) is 0 Å². The molecule has 0 bridgehead atoms. The molecule has 3 heterocycles. The van der Waals surface area contributed by atoms with E-state index in [0.29, 0.717) is 39.5 Å². The third kappa shape index (κ3) is 5.19. The smallest absolute Gasteiger partial charge is 0.167 e. The van der Waals surface area contributed by atoms with Crippen LogP contribution < -0.4 is 27.3 Å². The number of benzene rings is 7. The largest absolute Gasteiger partial charge is 0.455 e. The van der Waals surface area contributed by atoms with Crippen molar-refractivity contribution in [3.8, 4) is 51.0 Å². The van der Waals surface area contributed by atoms with Gasteiger partial charge >= 0.3 is 0 Å². The monoisotopic (exact) mass is 690 g/mol. The number of hydrogen-bond donors (Lipinski definition) is 0. The molecule has 0 atom stereocenters. The molecular formula is C45H23B5N4O. The highest BCUT2D eigenvalue weighted by Gasteiger charge is 2.22. The summed E-state index contributed by atoms with van der Waals surface area (Å²) in [4.78, 5) is 14.8. The molecule has 0 N–H and O–H groups in total. The van der Waals surface area contributed by atoms with Crippen molar-refractivity contribution in [1.82, 2.24) is 19.5 Å². The zero-order valence-corrected chi connectivity index (χ0v) is 29.4. The van der Waals surface area contributed by atoms with Crippen molar-refractivity contribution in [3.63, 3.8) is 0 Å². The lowest BCUT2D eigenvalue weighted by molar-refractivity contribution is 0.669. The topological polar surface area (TPSA) is 56.7 Å². The number of nitrogens with zero attached hydrogens (tertiary/aromatic N) is 4. The maximum Gasteiger partial charge on any atom is 0.167 e. The Balaban J connectivity index is 1.18. The Hall–Kier alpha value is -6.53. The maximum absolute atomic E-state index is 6.64. The van der Waals surface area contributed by atoms with Crippen molar-refractivity contribution in [2.75, 3.05) is 0 Å². The molecule has 10 heteroatoms. The fourth-order valence-electron chi connectivity index (χ4n) is 7.68. The maximum atomic E-state index is 6.64. The number of para-hydroxylation sites is 2. The van der Waals surface area contributed by atoms with Crippen LogP contribution in [0.3, 0.4) is 0 Å². The van der Waals surface area contributed by atoms with E-state index in [2.05, 4.69) is 41.0 Å². The van der Waals surface area contributed by atoms with Gasteiger partial charge in [-0.2, -0.15) is 0 Å². The van der Waals surface area contributed by atoms with Crippen LogP contribution in [0, 0.1) is 0 Å². The average Bonchev–Trinajstić information content (AvgIpc) is 3.78. The van der Waals surface area contributed by atoms with E-state index in [1.54, 1.807) is 0 Å². The minimum absolute atomic E-state index is 0.181. The molecule has 0 spiro atoms. The van der Waals surface area contributed by atoms with Crippen LogP contribution in [0.4, 0.5) is 0 Å². The van der Waals surface area contributed by atoms with Crippen LogP contribution in [0.25, 0.3) is 94.7 Å². The molecule has 0 saturated carbocycles. The highest BCUT2D eigenvalue weighted by molar-refractivity contribution is 6.69. The lowest BCUT2D eigenvalue weighted by Gasteiger charge is -2.22. The van der Waals surface area contributed by atoms with Crippen LogP contribution in [-0.2, 0) is 0 Å². The van der Waals surface area contributed by atoms with Gasteiger partial charge in [0.05, 0.1) is 16.6 Å². The van der Waals surface area contributed by atoms with E-state index in [-0.39, 0.29) is 16.4 Å². The molecule has 10 rings (SSSR count). The van der Waals surface area contributed by atoms with Gasteiger partial charge in [0, 0.05) is 38.4 Å². The molecule has 55 heavy (non-hydrogen) atoms. The van der Waals surface area contributed by atoms with Crippen LogP contribution in [0.2, 0.25) is 0 Å². The van der Waals surface area contributed by atoms with E-state index in [1.165, 1.54) is 0 Å². The Morgan fingerprint density at radius 3 is 1.67 bits per heavy atom. The van der Waals surface area contributed by atoms with E-state index < -0.39 is 0 Å². The highest BCUT2D eigenvalue weighted by Crippen LogP contribution is 2.40.